The molecule has 0 spiro atoms. The van der Waals surface area contributed by atoms with E-state index in [0.717, 1.165) is 5.56 Å². The normalized spacial score (nSPS) is 10.1. The van der Waals surface area contributed by atoms with Crippen molar-refractivity contribution < 1.29 is 14.3 Å². The third kappa shape index (κ3) is 3.44. The van der Waals surface area contributed by atoms with Gasteiger partial charge in [0, 0.05) is 30.4 Å². The maximum atomic E-state index is 11.9. The van der Waals surface area contributed by atoms with E-state index in [-0.39, 0.29) is 5.91 Å². The number of ether oxygens (including phenoxy) is 1. The Hall–Kier alpha value is -2.63. The van der Waals surface area contributed by atoms with Gasteiger partial charge in [-0.2, -0.15) is 4.73 Å². The van der Waals surface area contributed by atoms with E-state index in [4.69, 9.17) is 4.74 Å². The second-order valence-corrected chi connectivity index (χ2v) is 4.03. The molecule has 2 rings (SSSR count). The Morgan fingerprint density at radius 3 is 2.85 bits per heavy atom. The van der Waals surface area contributed by atoms with Gasteiger partial charge in [0.25, 0.3) is 5.91 Å². The summed E-state index contributed by atoms with van der Waals surface area (Å²) in [7, 11) is 0. The SMILES string of the molecule is CCOc1ncccc1CNC(=O)c1cc[n+]([O-])cc1. The minimum atomic E-state index is -0.253. The van der Waals surface area contributed by atoms with Crippen molar-refractivity contribution in [2.75, 3.05) is 6.61 Å². The number of pyridine rings is 2. The zero-order valence-corrected chi connectivity index (χ0v) is 11.1. The first-order valence-electron chi connectivity index (χ1n) is 6.24. The molecule has 0 aliphatic carbocycles. The molecule has 0 aliphatic heterocycles. The second-order valence-electron chi connectivity index (χ2n) is 4.03. The van der Waals surface area contributed by atoms with E-state index in [1.165, 1.54) is 24.5 Å². The highest BCUT2D eigenvalue weighted by Crippen LogP contribution is 2.13. The van der Waals surface area contributed by atoms with E-state index < -0.39 is 0 Å². The van der Waals surface area contributed by atoms with Gasteiger partial charge in [0.05, 0.1) is 12.2 Å². The van der Waals surface area contributed by atoms with Gasteiger partial charge in [0.2, 0.25) is 5.88 Å². The maximum Gasteiger partial charge on any atom is 0.252 e. The summed E-state index contributed by atoms with van der Waals surface area (Å²) < 4.78 is 6.01. The first kappa shape index (κ1) is 13.8. The molecule has 0 unspecified atom stereocenters. The molecule has 0 saturated heterocycles. The molecule has 0 radical (unpaired) electrons. The molecule has 0 bridgehead atoms. The van der Waals surface area contributed by atoms with E-state index in [0.29, 0.717) is 29.3 Å². The zero-order chi connectivity index (χ0) is 14.4. The van der Waals surface area contributed by atoms with Crippen LogP contribution >= 0.6 is 0 Å². The van der Waals surface area contributed by atoms with Crippen molar-refractivity contribution in [2.24, 2.45) is 0 Å². The number of carbonyl (C=O) groups is 1. The van der Waals surface area contributed by atoms with Gasteiger partial charge >= 0.3 is 0 Å². The van der Waals surface area contributed by atoms with Crippen LogP contribution in [0.4, 0.5) is 0 Å². The van der Waals surface area contributed by atoms with Crippen molar-refractivity contribution in [3.8, 4) is 5.88 Å². The van der Waals surface area contributed by atoms with Crippen molar-refractivity contribution in [1.29, 1.82) is 0 Å². The molecule has 0 aromatic carbocycles. The molecule has 0 atom stereocenters. The Morgan fingerprint density at radius 1 is 1.40 bits per heavy atom. The smallest absolute Gasteiger partial charge is 0.252 e. The second kappa shape index (κ2) is 6.51. The summed E-state index contributed by atoms with van der Waals surface area (Å²) in [6.07, 6.45) is 4.20. The van der Waals surface area contributed by atoms with Crippen LogP contribution in [0.3, 0.4) is 0 Å². The average Bonchev–Trinajstić information content (AvgIpc) is 2.47. The van der Waals surface area contributed by atoms with E-state index in [1.807, 2.05) is 13.0 Å². The summed E-state index contributed by atoms with van der Waals surface area (Å²) in [6.45, 7) is 2.70. The molecule has 104 valence electrons. The molecule has 1 amide bonds. The van der Waals surface area contributed by atoms with Crippen LogP contribution in [0.15, 0.2) is 42.9 Å². The predicted octanol–water partition coefficient (Wildman–Crippen LogP) is 1.04. The van der Waals surface area contributed by atoms with E-state index in [1.54, 1.807) is 12.3 Å². The van der Waals surface area contributed by atoms with Crippen LogP contribution in [0.1, 0.15) is 22.8 Å². The number of amides is 1. The number of nitrogens with zero attached hydrogens (tertiary/aromatic N) is 2. The van der Waals surface area contributed by atoms with Crippen LogP contribution in [0.5, 0.6) is 5.88 Å². The van der Waals surface area contributed by atoms with E-state index >= 15 is 0 Å². The van der Waals surface area contributed by atoms with Crippen molar-refractivity contribution in [1.82, 2.24) is 10.3 Å². The van der Waals surface area contributed by atoms with Gasteiger partial charge in [0.1, 0.15) is 0 Å². The number of hydrogen-bond donors (Lipinski definition) is 1. The quantitative estimate of drug-likeness (QED) is 0.652. The fourth-order valence-electron chi connectivity index (χ4n) is 1.67. The summed E-state index contributed by atoms with van der Waals surface area (Å²) in [4.78, 5) is 16.0. The number of nitrogens with one attached hydrogen (secondary N) is 1. The molecule has 0 saturated carbocycles. The fraction of sp³-hybridized carbons (Fsp3) is 0.214. The van der Waals surface area contributed by atoms with Crippen LogP contribution in [0, 0.1) is 5.21 Å². The highest BCUT2D eigenvalue weighted by molar-refractivity contribution is 5.93. The van der Waals surface area contributed by atoms with Gasteiger partial charge < -0.3 is 15.3 Å². The summed E-state index contributed by atoms with van der Waals surface area (Å²) >= 11 is 0. The molecule has 2 heterocycles. The standard InChI is InChI=1S/C14H15N3O3/c1-2-20-14-12(4-3-7-15-14)10-16-13(18)11-5-8-17(19)9-6-11/h3-9H,2,10H2,1H3,(H,16,18). The van der Waals surface area contributed by atoms with Gasteiger partial charge in [0.15, 0.2) is 12.4 Å². The molecule has 2 aromatic rings. The minimum absolute atomic E-state index is 0.253. The predicted molar refractivity (Wildman–Crippen MR) is 72.0 cm³/mol. The van der Waals surface area contributed by atoms with Crippen molar-refractivity contribution in [2.45, 2.75) is 13.5 Å². The zero-order valence-electron chi connectivity index (χ0n) is 11.1. The Kier molecular flexibility index (Phi) is 4.49. The molecule has 0 fully saturated rings. The van der Waals surface area contributed by atoms with Gasteiger partial charge in [-0.3, -0.25) is 4.79 Å². The lowest BCUT2D eigenvalue weighted by molar-refractivity contribution is -0.605. The Labute approximate surface area is 116 Å². The summed E-state index contributed by atoms with van der Waals surface area (Å²) in [5.41, 5.74) is 1.23. The minimum Gasteiger partial charge on any atom is -0.619 e. The largest absolute Gasteiger partial charge is 0.619 e. The first-order valence-corrected chi connectivity index (χ1v) is 6.24. The van der Waals surface area contributed by atoms with Gasteiger partial charge in [-0.1, -0.05) is 6.07 Å². The molecule has 2 aromatic heterocycles. The van der Waals surface area contributed by atoms with Crippen molar-refractivity contribution in [3.63, 3.8) is 0 Å². The lowest BCUT2D eigenvalue weighted by Crippen LogP contribution is -2.27. The maximum absolute atomic E-state index is 11.9. The topological polar surface area (TPSA) is 78.2 Å². The van der Waals surface area contributed by atoms with Crippen LogP contribution < -0.4 is 14.8 Å². The van der Waals surface area contributed by atoms with Gasteiger partial charge in [-0.05, 0) is 13.0 Å². The third-order valence-corrected chi connectivity index (χ3v) is 2.63. The number of carbonyl (C=O) groups excluding carboxylic acids is 1. The first-order chi connectivity index (χ1) is 9.70. The number of aromatic nitrogens is 2. The monoisotopic (exact) mass is 273 g/mol. The summed E-state index contributed by atoms with van der Waals surface area (Å²) in [6, 6.07) is 6.56. The highest BCUT2D eigenvalue weighted by atomic mass is 16.5. The lowest BCUT2D eigenvalue weighted by Gasteiger charge is -2.09. The average molecular weight is 273 g/mol. The van der Waals surface area contributed by atoms with Gasteiger partial charge in [-0.25, -0.2) is 4.98 Å². The van der Waals surface area contributed by atoms with E-state index in [2.05, 4.69) is 10.3 Å². The molecule has 0 aliphatic rings. The molecular weight excluding hydrogens is 258 g/mol. The lowest BCUT2D eigenvalue weighted by atomic mass is 10.2. The Bertz CT molecular complexity index is 584. The fourth-order valence-corrected chi connectivity index (χ4v) is 1.67. The van der Waals surface area contributed by atoms with Crippen LogP contribution in [0.2, 0.25) is 0 Å². The van der Waals surface area contributed by atoms with Crippen molar-refractivity contribution >= 4 is 5.91 Å². The molecule has 20 heavy (non-hydrogen) atoms. The molecule has 6 heteroatoms. The molecular formula is C14H15N3O3. The van der Waals surface area contributed by atoms with Crippen LogP contribution in [-0.4, -0.2) is 17.5 Å². The van der Waals surface area contributed by atoms with Crippen molar-refractivity contribution in [3.05, 3.63) is 59.2 Å². The van der Waals surface area contributed by atoms with Crippen LogP contribution in [-0.2, 0) is 6.54 Å². The summed E-state index contributed by atoms with van der Waals surface area (Å²) in [5.74, 6) is 0.262. The molecule has 1 N–H and O–H groups in total. The highest BCUT2D eigenvalue weighted by Gasteiger charge is 2.09. The van der Waals surface area contributed by atoms with Gasteiger partial charge in [-0.15, -0.1) is 0 Å². The van der Waals surface area contributed by atoms with Crippen LogP contribution in [0.25, 0.3) is 0 Å². The number of hydrogen-bond acceptors (Lipinski definition) is 4. The summed E-state index contributed by atoms with van der Waals surface area (Å²) in [5, 5.41) is 13.7. The Balaban J connectivity index is 2.01. The Morgan fingerprint density at radius 2 is 2.15 bits per heavy atom. The molecule has 6 nitrogen and oxygen atoms in total. The van der Waals surface area contributed by atoms with E-state index in [9.17, 15) is 10.0 Å². The number of rotatable bonds is 5. The third-order valence-electron chi connectivity index (χ3n) is 2.63.